The normalized spacial score (nSPS) is 12.0. The Kier molecular flexibility index (Phi) is 5.71. The Labute approximate surface area is 108 Å². The number of hydrogen-bond acceptors (Lipinski definition) is 3. The summed E-state index contributed by atoms with van der Waals surface area (Å²) in [4.78, 5) is 0. The van der Waals surface area contributed by atoms with E-state index in [0.29, 0.717) is 24.7 Å². The minimum absolute atomic E-state index is 0.130. The number of nitrogens with one attached hydrogen (secondary N) is 2. The van der Waals surface area contributed by atoms with Crippen molar-refractivity contribution in [3.05, 3.63) is 35.6 Å². The maximum absolute atomic E-state index is 12.7. The first-order valence-electron chi connectivity index (χ1n) is 5.84. The van der Waals surface area contributed by atoms with Gasteiger partial charge in [0.05, 0.1) is 5.75 Å². The average molecular weight is 274 g/mol. The van der Waals surface area contributed by atoms with Crippen LogP contribution in [-0.4, -0.2) is 27.5 Å². The smallest absolute Gasteiger partial charge is 0.215 e. The van der Waals surface area contributed by atoms with Gasteiger partial charge < -0.3 is 5.32 Å². The first kappa shape index (κ1) is 15.1. The summed E-state index contributed by atoms with van der Waals surface area (Å²) in [6.45, 7) is 4.92. The molecule has 4 nitrogen and oxygen atoms in total. The number of halogens is 1. The lowest BCUT2D eigenvalue weighted by molar-refractivity contribution is 0.559. The van der Waals surface area contributed by atoms with Crippen LogP contribution in [0.15, 0.2) is 24.3 Å². The van der Waals surface area contributed by atoms with Crippen molar-refractivity contribution in [3.8, 4) is 0 Å². The van der Waals surface area contributed by atoms with Gasteiger partial charge in [0.15, 0.2) is 0 Å². The third-order valence-corrected chi connectivity index (χ3v) is 3.63. The molecule has 1 rings (SSSR count). The fraction of sp³-hybridized carbons (Fsp3) is 0.500. The van der Waals surface area contributed by atoms with Gasteiger partial charge in [-0.2, -0.15) is 0 Å². The molecule has 0 heterocycles. The van der Waals surface area contributed by atoms with Crippen LogP contribution in [-0.2, 0) is 15.8 Å². The highest BCUT2D eigenvalue weighted by Gasteiger charge is 2.10. The number of rotatable bonds is 7. The first-order valence-corrected chi connectivity index (χ1v) is 7.49. The molecule has 0 aliphatic rings. The highest BCUT2D eigenvalue weighted by Crippen LogP contribution is 2.06. The van der Waals surface area contributed by atoms with E-state index in [4.69, 9.17) is 0 Å². The third-order valence-electron chi connectivity index (χ3n) is 2.27. The number of hydrogen-bond donors (Lipinski definition) is 2. The Morgan fingerprint density at radius 3 is 2.33 bits per heavy atom. The summed E-state index contributed by atoms with van der Waals surface area (Å²) in [7, 11) is -3.36. The zero-order valence-electron chi connectivity index (χ0n) is 10.6. The standard InChI is InChI=1S/C12H19FN2O2S/c1-10(2)14-7-8-15-18(16,17)9-11-3-5-12(13)6-4-11/h3-6,10,14-15H,7-9H2,1-2H3. The first-order chi connectivity index (χ1) is 8.39. The van der Waals surface area contributed by atoms with Crippen molar-refractivity contribution in [2.75, 3.05) is 13.1 Å². The van der Waals surface area contributed by atoms with E-state index in [-0.39, 0.29) is 11.6 Å². The minimum Gasteiger partial charge on any atom is -0.313 e. The van der Waals surface area contributed by atoms with Crippen molar-refractivity contribution in [2.24, 2.45) is 0 Å². The molecule has 0 fully saturated rings. The monoisotopic (exact) mass is 274 g/mol. The highest BCUT2D eigenvalue weighted by atomic mass is 32.2. The quantitative estimate of drug-likeness (QED) is 0.736. The molecule has 1 aromatic rings. The van der Waals surface area contributed by atoms with Crippen LogP contribution in [0.3, 0.4) is 0 Å². The van der Waals surface area contributed by atoms with E-state index < -0.39 is 10.0 Å². The van der Waals surface area contributed by atoms with Crippen LogP contribution in [0.2, 0.25) is 0 Å². The Balaban J connectivity index is 2.42. The SMILES string of the molecule is CC(C)NCCNS(=O)(=O)Cc1ccc(F)cc1. The van der Waals surface area contributed by atoms with Crippen molar-refractivity contribution in [1.29, 1.82) is 0 Å². The topological polar surface area (TPSA) is 58.2 Å². The van der Waals surface area contributed by atoms with Crippen LogP contribution < -0.4 is 10.0 Å². The molecule has 18 heavy (non-hydrogen) atoms. The minimum atomic E-state index is -3.36. The number of sulfonamides is 1. The molecule has 0 aliphatic carbocycles. The molecule has 1 aromatic carbocycles. The van der Waals surface area contributed by atoms with Crippen LogP contribution in [0.1, 0.15) is 19.4 Å². The predicted molar refractivity (Wildman–Crippen MR) is 70.2 cm³/mol. The molecule has 0 radical (unpaired) electrons. The Bertz CT molecular complexity index is 457. The van der Waals surface area contributed by atoms with E-state index in [1.54, 1.807) is 0 Å². The second-order valence-electron chi connectivity index (χ2n) is 4.39. The highest BCUT2D eigenvalue weighted by molar-refractivity contribution is 7.88. The van der Waals surface area contributed by atoms with Crippen molar-refractivity contribution in [2.45, 2.75) is 25.6 Å². The van der Waals surface area contributed by atoms with Gasteiger partial charge in [-0.25, -0.2) is 17.5 Å². The van der Waals surface area contributed by atoms with Gasteiger partial charge in [0.1, 0.15) is 5.82 Å². The van der Waals surface area contributed by atoms with Gasteiger partial charge in [-0.15, -0.1) is 0 Å². The molecule has 2 N–H and O–H groups in total. The van der Waals surface area contributed by atoms with E-state index >= 15 is 0 Å². The molecule has 0 bridgehead atoms. The second-order valence-corrected chi connectivity index (χ2v) is 6.20. The van der Waals surface area contributed by atoms with E-state index in [1.165, 1.54) is 24.3 Å². The van der Waals surface area contributed by atoms with E-state index in [9.17, 15) is 12.8 Å². The Morgan fingerprint density at radius 2 is 1.78 bits per heavy atom. The molecule has 0 atom stereocenters. The predicted octanol–water partition coefficient (Wildman–Crippen LogP) is 1.24. The third kappa shape index (κ3) is 6.09. The molecular formula is C12H19FN2O2S. The molecule has 0 aliphatic heterocycles. The summed E-state index contributed by atoms with van der Waals surface area (Å²) in [5, 5.41) is 3.11. The zero-order chi connectivity index (χ0) is 13.6. The molecule has 0 saturated carbocycles. The molecule has 6 heteroatoms. The van der Waals surface area contributed by atoms with Gasteiger partial charge in [0.2, 0.25) is 10.0 Å². The molecule has 0 saturated heterocycles. The van der Waals surface area contributed by atoms with Gasteiger partial charge in [-0.05, 0) is 17.7 Å². The maximum Gasteiger partial charge on any atom is 0.215 e. The summed E-state index contributed by atoms with van der Waals surface area (Å²) >= 11 is 0. The van der Waals surface area contributed by atoms with Crippen molar-refractivity contribution < 1.29 is 12.8 Å². The van der Waals surface area contributed by atoms with E-state index in [0.717, 1.165) is 0 Å². The largest absolute Gasteiger partial charge is 0.313 e. The van der Waals surface area contributed by atoms with Crippen LogP contribution in [0.25, 0.3) is 0 Å². The van der Waals surface area contributed by atoms with Crippen LogP contribution in [0, 0.1) is 5.82 Å². The molecule has 0 spiro atoms. The molecule has 102 valence electrons. The van der Waals surface area contributed by atoms with Crippen LogP contribution in [0.5, 0.6) is 0 Å². The summed E-state index contributed by atoms with van der Waals surface area (Å²) in [5.41, 5.74) is 0.570. The Hall–Kier alpha value is -0.980. The van der Waals surface area contributed by atoms with E-state index in [1.807, 2.05) is 13.8 Å². The molecule has 0 amide bonds. The van der Waals surface area contributed by atoms with Crippen LogP contribution in [0.4, 0.5) is 4.39 Å². The summed E-state index contributed by atoms with van der Waals surface area (Å²) in [6.07, 6.45) is 0. The van der Waals surface area contributed by atoms with Gasteiger partial charge in [-0.1, -0.05) is 26.0 Å². The van der Waals surface area contributed by atoms with Gasteiger partial charge in [0.25, 0.3) is 0 Å². The fourth-order valence-corrected chi connectivity index (χ4v) is 2.56. The Morgan fingerprint density at radius 1 is 1.17 bits per heavy atom. The van der Waals surface area contributed by atoms with Gasteiger partial charge in [-0.3, -0.25) is 0 Å². The number of benzene rings is 1. The zero-order valence-corrected chi connectivity index (χ0v) is 11.4. The second kappa shape index (κ2) is 6.82. The van der Waals surface area contributed by atoms with Crippen LogP contribution >= 0.6 is 0 Å². The molecular weight excluding hydrogens is 255 g/mol. The lowest BCUT2D eigenvalue weighted by Crippen LogP contribution is -2.35. The summed E-state index contributed by atoms with van der Waals surface area (Å²) in [5.74, 6) is -0.500. The lowest BCUT2D eigenvalue weighted by atomic mass is 10.2. The van der Waals surface area contributed by atoms with E-state index in [2.05, 4.69) is 10.0 Å². The van der Waals surface area contributed by atoms with Gasteiger partial charge in [0, 0.05) is 19.1 Å². The van der Waals surface area contributed by atoms with Crippen molar-refractivity contribution in [3.63, 3.8) is 0 Å². The van der Waals surface area contributed by atoms with Gasteiger partial charge >= 0.3 is 0 Å². The summed E-state index contributed by atoms with van der Waals surface area (Å²) in [6, 6.07) is 5.78. The fourth-order valence-electron chi connectivity index (χ4n) is 1.42. The van der Waals surface area contributed by atoms with Crippen molar-refractivity contribution >= 4 is 10.0 Å². The summed E-state index contributed by atoms with van der Waals surface area (Å²) < 4.78 is 38.6. The maximum atomic E-state index is 12.7. The van der Waals surface area contributed by atoms with Crippen molar-refractivity contribution in [1.82, 2.24) is 10.0 Å². The molecule has 0 unspecified atom stereocenters. The average Bonchev–Trinajstić information content (AvgIpc) is 2.27. The molecule has 0 aromatic heterocycles. The lowest BCUT2D eigenvalue weighted by Gasteiger charge is -2.09.